The first kappa shape index (κ1) is 24.2. The number of fused-ring (bicyclic) bond motifs is 1. The third-order valence-electron chi connectivity index (χ3n) is 6.18. The first-order chi connectivity index (χ1) is 16.3. The van der Waals surface area contributed by atoms with Crippen molar-refractivity contribution in [3.63, 3.8) is 0 Å². The molecule has 2 aromatic rings. The predicted molar refractivity (Wildman–Crippen MR) is 127 cm³/mol. The van der Waals surface area contributed by atoms with Crippen LogP contribution in [0.5, 0.6) is 0 Å². The lowest BCUT2D eigenvalue weighted by molar-refractivity contribution is -0.0328. The fourth-order valence-electron chi connectivity index (χ4n) is 4.58. The SMILES string of the molecule is N#Cc1ccc(NCCCN2CC3CN(C(=O)Nc4ccc(SC(F)(F)F)cc4)CC3C2)cc1. The molecule has 2 fully saturated rings. The molecule has 4 rings (SSSR count). The molecule has 0 saturated carbocycles. The van der Waals surface area contributed by atoms with Crippen molar-refractivity contribution in [2.45, 2.75) is 16.8 Å². The molecule has 6 nitrogen and oxygen atoms in total. The van der Waals surface area contributed by atoms with Crippen molar-refractivity contribution in [3.8, 4) is 6.07 Å². The van der Waals surface area contributed by atoms with Crippen LogP contribution in [0.2, 0.25) is 0 Å². The monoisotopic (exact) mass is 489 g/mol. The zero-order valence-corrected chi connectivity index (χ0v) is 19.3. The lowest BCUT2D eigenvalue weighted by atomic mass is 10.0. The summed E-state index contributed by atoms with van der Waals surface area (Å²) in [4.78, 5) is 17.0. The number of rotatable bonds is 7. The summed E-state index contributed by atoms with van der Waals surface area (Å²) >= 11 is -0.170. The van der Waals surface area contributed by atoms with Crippen molar-refractivity contribution in [1.82, 2.24) is 9.80 Å². The van der Waals surface area contributed by atoms with E-state index in [1.807, 2.05) is 12.1 Å². The predicted octanol–water partition coefficient (Wildman–Crippen LogP) is 5.07. The van der Waals surface area contributed by atoms with Crippen LogP contribution in [0.4, 0.5) is 29.3 Å². The van der Waals surface area contributed by atoms with Gasteiger partial charge in [0.25, 0.3) is 0 Å². The van der Waals surface area contributed by atoms with Crippen molar-refractivity contribution >= 4 is 29.2 Å². The third-order valence-corrected chi connectivity index (χ3v) is 6.92. The van der Waals surface area contributed by atoms with Crippen LogP contribution >= 0.6 is 11.8 Å². The maximum atomic E-state index is 12.6. The number of benzene rings is 2. The van der Waals surface area contributed by atoms with Crippen LogP contribution in [0.25, 0.3) is 0 Å². The van der Waals surface area contributed by atoms with Gasteiger partial charge in [-0.05, 0) is 85.1 Å². The van der Waals surface area contributed by atoms with E-state index in [2.05, 4.69) is 21.6 Å². The molecule has 0 spiro atoms. The molecule has 2 aromatic carbocycles. The smallest absolute Gasteiger partial charge is 0.385 e. The topological polar surface area (TPSA) is 71.4 Å². The Balaban J connectivity index is 1.16. The summed E-state index contributed by atoms with van der Waals surface area (Å²) in [6.45, 7) is 5.16. The number of halogens is 3. The Morgan fingerprint density at radius 1 is 1.00 bits per heavy atom. The highest BCUT2D eigenvalue weighted by molar-refractivity contribution is 8.00. The molecule has 0 aromatic heterocycles. The average Bonchev–Trinajstić information content (AvgIpc) is 3.36. The number of likely N-dealkylation sites (tertiary alicyclic amines) is 2. The highest BCUT2D eigenvalue weighted by atomic mass is 32.2. The zero-order valence-electron chi connectivity index (χ0n) is 18.5. The molecule has 34 heavy (non-hydrogen) atoms. The Bertz CT molecular complexity index is 1010. The lowest BCUT2D eigenvalue weighted by Crippen LogP contribution is -2.36. The molecular formula is C24H26F3N5OS. The van der Waals surface area contributed by atoms with Crippen molar-refractivity contribution in [2.75, 3.05) is 49.9 Å². The minimum atomic E-state index is -4.33. The van der Waals surface area contributed by atoms with Crippen LogP contribution in [0, 0.1) is 23.2 Å². The van der Waals surface area contributed by atoms with E-state index in [1.165, 1.54) is 24.3 Å². The maximum absolute atomic E-state index is 12.6. The van der Waals surface area contributed by atoms with Gasteiger partial charge in [0.1, 0.15) is 0 Å². The second-order valence-corrected chi connectivity index (χ2v) is 9.79. The Morgan fingerprint density at radius 3 is 2.21 bits per heavy atom. The first-order valence-corrected chi connectivity index (χ1v) is 12.0. The van der Waals surface area contributed by atoms with E-state index in [9.17, 15) is 18.0 Å². The Labute approximate surface area is 201 Å². The number of carbonyl (C=O) groups is 1. The summed E-state index contributed by atoms with van der Waals surface area (Å²) in [7, 11) is 0. The summed E-state index contributed by atoms with van der Waals surface area (Å²) in [6.07, 6.45) is 1.01. The summed E-state index contributed by atoms with van der Waals surface area (Å²) in [5.74, 6) is 0.894. The molecule has 2 heterocycles. The number of nitrogens with one attached hydrogen (secondary N) is 2. The van der Waals surface area contributed by atoms with Crippen LogP contribution < -0.4 is 10.6 Å². The second-order valence-electron chi connectivity index (χ2n) is 8.66. The molecule has 2 unspecified atom stereocenters. The van der Waals surface area contributed by atoms with Crippen molar-refractivity contribution in [3.05, 3.63) is 54.1 Å². The standard InChI is InChI=1S/C24H26F3N5OS/c25-24(26,27)34-22-8-6-21(7-9-22)30-23(33)32-15-18-13-31(14-19(18)16-32)11-1-10-29-20-4-2-17(12-28)3-5-20/h2-9,18-19,29H,1,10-11,13-16H2,(H,30,33). The molecule has 2 aliphatic heterocycles. The van der Waals surface area contributed by atoms with Gasteiger partial charge in [0.05, 0.1) is 11.6 Å². The number of hydrogen-bond acceptors (Lipinski definition) is 5. The van der Waals surface area contributed by atoms with Gasteiger partial charge in [0.15, 0.2) is 0 Å². The molecule has 180 valence electrons. The van der Waals surface area contributed by atoms with Gasteiger partial charge < -0.3 is 20.4 Å². The van der Waals surface area contributed by atoms with Crippen molar-refractivity contribution in [1.29, 1.82) is 5.26 Å². The summed E-state index contributed by atoms with van der Waals surface area (Å²) in [5.41, 5.74) is -2.18. The molecule has 0 bridgehead atoms. The van der Waals surface area contributed by atoms with Gasteiger partial charge in [-0.1, -0.05) is 0 Å². The van der Waals surface area contributed by atoms with Crippen LogP contribution in [0.15, 0.2) is 53.4 Å². The first-order valence-electron chi connectivity index (χ1n) is 11.2. The zero-order chi connectivity index (χ0) is 24.1. The highest BCUT2D eigenvalue weighted by Gasteiger charge is 2.41. The van der Waals surface area contributed by atoms with Gasteiger partial charge in [-0.25, -0.2) is 4.79 Å². The highest BCUT2D eigenvalue weighted by Crippen LogP contribution is 2.37. The number of thioether (sulfide) groups is 1. The normalized spacial score (nSPS) is 20.1. The van der Waals surface area contributed by atoms with Crippen LogP contribution in [0.3, 0.4) is 0 Å². The fraction of sp³-hybridized carbons (Fsp3) is 0.417. The minimum Gasteiger partial charge on any atom is -0.385 e. The average molecular weight is 490 g/mol. The molecule has 2 N–H and O–H groups in total. The number of alkyl halides is 3. The number of hydrogen-bond donors (Lipinski definition) is 2. The molecule has 2 aliphatic rings. The number of nitriles is 1. The molecule has 0 aliphatic carbocycles. The molecular weight excluding hydrogens is 463 g/mol. The van der Waals surface area contributed by atoms with Gasteiger partial charge in [-0.3, -0.25) is 0 Å². The maximum Gasteiger partial charge on any atom is 0.446 e. The summed E-state index contributed by atoms with van der Waals surface area (Å²) in [5, 5.41) is 15.0. The number of amides is 2. The molecule has 2 amide bonds. The van der Waals surface area contributed by atoms with Gasteiger partial charge >= 0.3 is 11.5 Å². The lowest BCUT2D eigenvalue weighted by Gasteiger charge is -2.22. The Morgan fingerprint density at radius 2 is 1.62 bits per heavy atom. The fourth-order valence-corrected chi connectivity index (χ4v) is 5.12. The third kappa shape index (κ3) is 6.58. The molecule has 10 heteroatoms. The minimum absolute atomic E-state index is 0.0911. The molecule has 0 radical (unpaired) electrons. The van der Waals surface area contributed by atoms with Gasteiger partial charge in [0.2, 0.25) is 0 Å². The quantitative estimate of drug-likeness (QED) is 0.420. The van der Waals surface area contributed by atoms with E-state index in [1.54, 1.807) is 17.0 Å². The summed E-state index contributed by atoms with van der Waals surface area (Å²) in [6, 6.07) is 15.0. The van der Waals surface area contributed by atoms with Crippen LogP contribution in [-0.4, -0.2) is 60.6 Å². The summed E-state index contributed by atoms with van der Waals surface area (Å²) < 4.78 is 37.3. The van der Waals surface area contributed by atoms with Gasteiger partial charge in [-0.15, -0.1) is 0 Å². The Hall–Kier alpha value is -2.90. The number of anilines is 2. The van der Waals surface area contributed by atoms with Gasteiger partial charge in [-0.2, -0.15) is 18.4 Å². The number of carbonyl (C=O) groups excluding carboxylic acids is 1. The van der Waals surface area contributed by atoms with Crippen LogP contribution in [0.1, 0.15) is 12.0 Å². The van der Waals surface area contributed by atoms with E-state index in [0.717, 1.165) is 38.3 Å². The second kappa shape index (κ2) is 10.6. The molecule has 2 atom stereocenters. The van der Waals surface area contributed by atoms with E-state index in [-0.39, 0.29) is 22.7 Å². The largest absolute Gasteiger partial charge is 0.446 e. The van der Waals surface area contributed by atoms with Crippen molar-refractivity contribution in [2.24, 2.45) is 11.8 Å². The molecule has 2 saturated heterocycles. The van der Waals surface area contributed by atoms with E-state index in [4.69, 9.17) is 5.26 Å². The van der Waals surface area contributed by atoms with E-state index in [0.29, 0.717) is 36.2 Å². The van der Waals surface area contributed by atoms with E-state index >= 15 is 0 Å². The van der Waals surface area contributed by atoms with Gasteiger partial charge in [0, 0.05) is 49.0 Å². The van der Waals surface area contributed by atoms with Crippen molar-refractivity contribution < 1.29 is 18.0 Å². The number of nitrogens with zero attached hydrogens (tertiary/aromatic N) is 3. The Kier molecular flexibility index (Phi) is 7.54. The van der Waals surface area contributed by atoms with Crippen LogP contribution in [-0.2, 0) is 0 Å². The number of urea groups is 1. The van der Waals surface area contributed by atoms with E-state index < -0.39 is 5.51 Å².